The molecule has 1 aliphatic carbocycles. The van der Waals surface area contributed by atoms with E-state index in [9.17, 15) is 4.79 Å². The molecular weight excluding hydrogens is 214 g/mol. The van der Waals surface area contributed by atoms with Crippen molar-refractivity contribution in [1.29, 1.82) is 0 Å². The van der Waals surface area contributed by atoms with E-state index in [1.54, 1.807) is 0 Å². The van der Waals surface area contributed by atoms with Gasteiger partial charge in [0.15, 0.2) is 0 Å². The van der Waals surface area contributed by atoms with Gasteiger partial charge in [0.05, 0.1) is 0 Å². The Morgan fingerprint density at radius 2 is 2.00 bits per heavy atom. The fourth-order valence-electron chi connectivity index (χ4n) is 3.15. The third-order valence-electron chi connectivity index (χ3n) is 4.28. The van der Waals surface area contributed by atoms with Gasteiger partial charge in [-0.3, -0.25) is 0 Å². The van der Waals surface area contributed by atoms with Gasteiger partial charge in [0.2, 0.25) is 0 Å². The van der Waals surface area contributed by atoms with Gasteiger partial charge >= 0.3 is 6.03 Å². The SMILES string of the molecule is O=C(NC1CC1)N1CCCCC1C1CCCN1. The maximum absolute atomic E-state index is 12.2. The Hall–Kier alpha value is -0.770. The largest absolute Gasteiger partial charge is 0.335 e. The summed E-state index contributed by atoms with van der Waals surface area (Å²) in [7, 11) is 0. The Balaban J connectivity index is 1.63. The van der Waals surface area contributed by atoms with E-state index < -0.39 is 0 Å². The number of nitrogens with one attached hydrogen (secondary N) is 2. The fraction of sp³-hybridized carbons (Fsp3) is 0.923. The quantitative estimate of drug-likeness (QED) is 0.764. The molecule has 2 atom stereocenters. The molecule has 2 N–H and O–H groups in total. The summed E-state index contributed by atoms with van der Waals surface area (Å²) >= 11 is 0. The molecule has 3 rings (SSSR count). The van der Waals surface area contributed by atoms with Gasteiger partial charge in [-0.1, -0.05) is 0 Å². The number of carbonyl (C=O) groups is 1. The lowest BCUT2D eigenvalue weighted by molar-refractivity contribution is 0.133. The van der Waals surface area contributed by atoms with Crippen molar-refractivity contribution in [3.8, 4) is 0 Å². The summed E-state index contributed by atoms with van der Waals surface area (Å²) in [6.07, 6.45) is 8.46. The molecule has 17 heavy (non-hydrogen) atoms. The van der Waals surface area contributed by atoms with E-state index >= 15 is 0 Å². The topological polar surface area (TPSA) is 44.4 Å². The first-order valence-corrected chi connectivity index (χ1v) is 7.15. The minimum atomic E-state index is 0.186. The van der Waals surface area contributed by atoms with Crippen LogP contribution in [0.25, 0.3) is 0 Å². The fourth-order valence-corrected chi connectivity index (χ4v) is 3.15. The molecule has 1 saturated carbocycles. The summed E-state index contributed by atoms with van der Waals surface area (Å²) in [5.41, 5.74) is 0. The molecule has 0 spiro atoms. The summed E-state index contributed by atoms with van der Waals surface area (Å²) in [5, 5.41) is 6.69. The third-order valence-corrected chi connectivity index (χ3v) is 4.28. The molecule has 3 aliphatic rings. The standard InChI is InChI=1S/C13H23N3O/c17-13(15-10-6-7-10)16-9-2-1-5-12(16)11-4-3-8-14-11/h10-12,14H,1-9H2,(H,15,17). The van der Waals surface area contributed by atoms with Gasteiger partial charge < -0.3 is 15.5 Å². The van der Waals surface area contributed by atoms with Gasteiger partial charge in [0, 0.05) is 24.7 Å². The van der Waals surface area contributed by atoms with Crippen molar-refractivity contribution in [1.82, 2.24) is 15.5 Å². The molecule has 2 aliphatic heterocycles. The van der Waals surface area contributed by atoms with Gasteiger partial charge in [0.25, 0.3) is 0 Å². The van der Waals surface area contributed by atoms with Gasteiger partial charge in [-0.2, -0.15) is 0 Å². The number of rotatable bonds is 2. The van der Waals surface area contributed by atoms with Crippen LogP contribution in [0.2, 0.25) is 0 Å². The number of carbonyl (C=O) groups excluding carboxylic acids is 1. The molecule has 2 saturated heterocycles. The van der Waals surface area contributed by atoms with E-state index in [0.717, 1.165) is 13.1 Å². The Morgan fingerprint density at radius 3 is 2.71 bits per heavy atom. The maximum atomic E-state index is 12.2. The first-order chi connectivity index (χ1) is 8.34. The van der Waals surface area contributed by atoms with Crippen LogP contribution in [0.5, 0.6) is 0 Å². The Bertz CT molecular complexity index is 284. The van der Waals surface area contributed by atoms with Crippen molar-refractivity contribution < 1.29 is 4.79 Å². The number of likely N-dealkylation sites (tertiary alicyclic amines) is 1. The zero-order valence-corrected chi connectivity index (χ0v) is 10.5. The number of piperidine rings is 1. The molecule has 4 nitrogen and oxygen atoms in total. The highest BCUT2D eigenvalue weighted by molar-refractivity contribution is 5.75. The lowest BCUT2D eigenvalue weighted by Crippen LogP contribution is -2.55. The summed E-state index contributed by atoms with van der Waals surface area (Å²) < 4.78 is 0. The second-order valence-electron chi connectivity index (χ2n) is 5.68. The summed E-state index contributed by atoms with van der Waals surface area (Å²) in [4.78, 5) is 14.3. The van der Waals surface area contributed by atoms with E-state index in [1.165, 1.54) is 44.9 Å². The minimum Gasteiger partial charge on any atom is -0.335 e. The zero-order chi connectivity index (χ0) is 11.7. The molecular formula is C13H23N3O. The van der Waals surface area contributed by atoms with Crippen LogP contribution in [-0.4, -0.2) is 42.1 Å². The lowest BCUT2D eigenvalue weighted by Gasteiger charge is -2.39. The molecule has 0 aromatic carbocycles. The van der Waals surface area contributed by atoms with Crippen molar-refractivity contribution in [2.45, 2.75) is 63.1 Å². The minimum absolute atomic E-state index is 0.186. The second-order valence-corrected chi connectivity index (χ2v) is 5.68. The highest BCUT2D eigenvalue weighted by atomic mass is 16.2. The normalized spacial score (nSPS) is 33.8. The molecule has 3 fully saturated rings. The van der Waals surface area contributed by atoms with Crippen LogP contribution in [0.4, 0.5) is 4.79 Å². The highest BCUT2D eigenvalue weighted by Gasteiger charge is 2.35. The number of hydrogen-bond donors (Lipinski definition) is 2. The predicted octanol–water partition coefficient (Wildman–Crippen LogP) is 1.46. The monoisotopic (exact) mass is 237 g/mol. The third kappa shape index (κ3) is 2.57. The smallest absolute Gasteiger partial charge is 0.317 e. The molecule has 2 amide bonds. The van der Waals surface area contributed by atoms with Gasteiger partial charge in [-0.05, 0) is 51.5 Å². The molecule has 2 unspecified atom stereocenters. The van der Waals surface area contributed by atoms with Crippen LogP contribution in [0, 0.1) is 0 Å². The Morgan fingerprint density at radius 1 is 1.12 bits per heavy atom. The van der Waals surface area contributed by atoms with Gasteiger partial charge in [0.1, 0.15) is 0 Å². The van der Waals surface area contributed by atoms with Crippen LogP contribution < -0.4 is 10.6 Å². The lowest BCUT2D eigenvalue weighted by atomic mass is 9.95. The molecule has 4 heteroatoms. The van der Waals surface area contributed by atoms with Crippen molar-refractivity contribution in [3.63, 3.8) is 0 Å². The van der Waals surface area contributed by atoms with E-state index in [-0.39, 0.29) is 6.03 Å². The first-order valence-electron chi connectivity index (χ1n) is 7.15. The molecule has 2 heterocycles. The van der Waals surface area contributed by atoms with Crippen LogP contribution in [-0.2, 0) is 0 Å². The number of hydrogen-bond acceptors (Lipinski definition) is 2. The van der Waals surface area contributed by atoms with Crippen molar-refractivity contribution in [2.75, 3.05) is 13.1 Å². The van der Waals surface area contributed by atoms with E-state index in [2.05, 4.69) is 15.5 Å². The van der Waals surface area contributed by atoms with E-state index in [0.29, 0.717) is 18.1 Å². The maximum Gasteiger partial charge on any atom is 0.317 e. The number of amides is 2. The van der Waals surface area contributed by atoms with Gasteiger partial charge in [-0.25, -0.2) is 4.79 Å². The molecule has 0 bridgehead atoms. The molecule has 0 aromatic rings. The molecule has 0 radical (unpaired) electrons. The molecule has 96 valence electrons. The van der Waals surface area contributed by atoms with Gasteiger partial charge in [-0.15, -0.1) is 0 Å². The second kappa shape index (κ2) is 4.84. The predicted molar refractivity (Wildman–Crippen MR) is 66.9 cm³/mol. The Labute approximate surface area is 103 Å². The first kappa shape index (κ1) is 11.3. The van der Waals surface area contributed by atoms with Crippen LogP contribution >= 0.6 is 0 Å². The number of nitrogens with zero attached hydrogens (tertiary/aromatic N) is 1. The Kier molecular flexibility index (Phi) is 3.23. The highest BCUT2D eigenvalue weighted by Crippen LogP contribution is 2.25. The zero-order valence-electron chi connectivity index (χ0n) is 10.5. The van der Waals surface area contributed by atoms with Crippen molar-refractivity contribution in [2.24, 2.45) is 0 Å². The summed E-state index contributed by atoms with van der Waals surface area (Å²) in [6.45, 7) is 2.07. The van der Waals surface area contributed by atoms with Crippen LogP contribution in [0.15, 0.2) is 0 Å². The number of urea groups is 1. The molecule has 0 aromatic heterocycles. The average molecular weight is 237 g/mol. The van der Waals surface area contributed by atoms with Crippen LogP contribution in [0.3, 0.4) is 0 Å². The van der Waals surface area contributed by atoms with E-state index in [1.807, 2.05) is 0 Å². The average Bonchev–Trinajstić information content (AvgIpc) is 3.00. The van der Waals surface area contributed by atoms with E-state index in [4.69, 9.17) is 0 Å². The van der Waals surface area contributed by atoms with Crippen LogP contribution in [0.1, 0.15) is 44.9 Å². The van der Waals surface area contributed by atoms with Crippen molar-refractivity contribution >= 4 is 6.03 Å². The summed E-state index contributed by atoms with van der Waals surface area (Å²) in [6, 6.07) is 1.64. The summed E-state index contributed by atoms with van der Waals surface area (Å²) in [5.74, 6) is 0. The van der Waals surface area contributed by atoms with Crippen molar-refractivity contribution in [3.05, 3.63) is 0 Å².